The number of anilines is 2. The average Bonchev–Trinajstić information content (AvgIpc) is 3.37. The lowest BCUT2D eigenvalue weighted by atomic mass is 9.87. The molecule has 2 aliphatic rings. The van der Waals surface area contributed by atoms with E-state index in [4.69, 9.17) is 4.84 Å². The fraction of sp³-hybridized carbons (Fsp3) is 0.172. The number of para-hydroxylation sites is 1. The van der Waals surface area contributed by atoms with E-state index in [-0.39, 0.29) is 11.8 Å². The van der Waals surface area contributed by atoms with E-state index in [1.54, 1.807) is 5.06 Å². The molecule has 0 radical (unpaired) electrons. The summed E-state index contributed by atoms with van der Waals surface area (Å²) in [6, 6.07) is 29.1. The number of hydroxylamine groups is 1. The van der Waals surface area contributed by atoms with Crippen LogP contribution >= 0.6 is 0 Å². The van der Waals surface area contributed by atoms with Gasteiger partial charge in [0.25, 0.3) is 5.91 Å². The molecule has 0 aliphatic carbocycles. The number of hydrogen-bond donors (Lipinski definition) is 0. The third-order valence-electron chi connectivity index (χ3n) is 7.02. The number of benzene rings is 4. The molecule has 34 heavy (non-hydrogen) atoms. The second kappa shape index (κ2) is 7.82. The van der Waals surface area contributed by atoms with E-state index in [1.165, 1.54) is 4.90 Å². The lowest BCUT2D eigenvalue weighted by Crippen LogP contribution is -2.37. The third-order valence-corrected chi connectivity index (χ3v) is 7.02. The number of hydrogen-bond acceptors (Lipinski definition) is 4. The molecule has 0 saturated carbocycles. The van der Waals surface area contributed by atoms with Crippen LogP contribution in [0.3, 0.4) is 0 Å². The zero-order chi connectivity index (χ0) is 23.4. The Kier molecular flexibility index (Phi) is 4.74. The van der Waals surface area contributed by atoms with Gasteiger partial charge in [0.1, 0.15) is 5.92 Å². The second-order valence-electron chi connectivity index (χ2n) is 9.01. The topological polar surface area (TPSA) is 49.9 Å². The average molecular weight is 449 g/mol. The minimum Gasteiger partial charge on any atom is -0.273 e. The van der Waals surface area contributed by atoms with Crippen LogP contribution in [0.4, 0.5) is 11.4 Å². The van der Waals surface area contributed by atoms with Crippen molar-refractivity contribution in [2.75, 3.05) is 9.96 Å². The van der Waals surface area contributed by atoms with Crippen LogP contribution in [0, 0.1) is 19.8 Å². The number of amides is 2. The first-order valence-corrected chi connectivity index (χ1v) is 11.5. The van der Waals surface area contributed by atoms with Crippen molar-refractivity contribution in [2.45, 2.75) is 26.0 Å². The third kappa shape index (κ3) is 3.05. The van der Waals surface area contributed by atoms with Gasteiger partial charge in [-0.15, -0.1) is 0 Å². The smallest absolute Gasteiger partial charge is 0.266 e. The zero-order valence-electron chi connectivity index (χ0n) is 19.0. The molecule has 2 saturated heterocycles. The van der Waals surface area contributed by atoms with Gasteiger partial charge < -0.3 is 0 Å². The standard InChI is InChI=1S/C29H24N2O3/c1-18-15-16-22(17-19(18)2)30-28(32)25-26(24-14-8-10-20-9-6-7-13-23(20)24)31(34-27(25)29(30)33)21-11-4-3-5-12-21/h3-17,25-27H,1-2H3/t25-,26-,27-/m1/s1. The van der Waals surface area contributed by atoms with Crippen molar-refractivity contribution >= 4 is 34.0 Å². The number of imide groups is 1. The van der Waals surface area contributed by atoms with E-state index in [1.807, 2.05) is 86.6 Å². The Balaban J connectivity index is 1.50. The molecule has 3 atom stereocenters. The maximum absolute atomic E-state index is 13.9. The molecule has 5 nitrogen and oxygen atoms in total. The molecule has 2 heterocycles. The molecule has 4 aromatic carbocycles. The van der Waals surface area contributed by atoms with Crippen molar-refractivity contribution in [3.8, 4) is 0 Å². The fourth-order valence-electron chi connectivity index (χ4n) is 5.16. The highest BCUT2D eigenvalue weighted by atomic mass is 16.7. The first kappa shape index (κ1) is 20.6. The molecular weight excluding hydrogens is 424 g/mol. The van der Waals surface area contributed by atoms with Gasteiger partial charge in [0.15, 0.2) is 6.10 Å². The molecule has 2 aliphatic heterocycles. The maximum Gasteiger partial charge on any atom is 0.266 e. The van der Waals surface area contributed by atoms with Crippen LogP contribution in [0.5, 0.6) is 0 Å². The van der Waals surface area contributed by atoms with Crippen molar-refractivity contribution in [3.63, 3.8) is 0 Å². The van der Waals surface area contributed by atoms with Crippen molar-refractivity contribution in [2.24, 2.45) is 5.92 Å². The van der Waals surface area contributed by atoms with E-state index >= 15 is 0 Å². The van der Waals surface area contributed by atoms with Gasteiger partial charge in [-0.05, 0) is 65.6 Å². The maximum atomic E-state index is 13.9. The lowest BCUT2D eigenvalue weighted by Gasteiger charge is -2.29. The van der Waals surface area contributed by atoms with Gasteiger partial charge in [-0.1, -0.05) is 66.7 Å². The lowest BCUT2D eigenvalue weighted by molar-refractivity contribution is -0.126. The molecule has 2 amide bonds. The molecular formula is C29H24N2O3. The summed E-state index contributed by atoms with van der Waals surface area (Å²) < 4.78 is 0. The Morgan fingerprint density at radius 3 is 2.24 bits per heavy atom. The van der Waals surface area contributed by atoms with Crippen LogP contribution in [0.25, 0.3) is 10.8 Å². The van der Waals surface area contributed by atoms with E-state index in [0.29, 0.717) is 5.69 Å². The molecule has 168 valence electrons. The summed E-state index contributed by atoms with van der Waals surface area (Å²) in [6.45, 7) is 4.00. The van der Waals surface area contributed by atoms with Gasteiger partial charge in [0, 0.05) is 0 Å². The first-order valence-electron chi connectivity index (χ1n) is 11.5. The number of carbonyl (C=O) groups excluding carboxylic acids is 2. The zero-order valence-corrected chi connectivity index (χ0v) is 19.0. The van der Waals surface area contributed by atoms with E-state index in [9.17, 15) is 9.59 Å². The Hall–Kier alpha value is -3.96. The van der Waals surface area contributed by atoms with Crippen molar-refractivity contribution in [1.29, 1.82) is 0 Å². The van der Waals surface area contributed by atoms with Crippen LogP contribution in [0.1, 0.15) is 22.7 Å². The van der Waals surface area contributed by atoms with E-state index < -0.39 is 18.1 Å². The van der Waals surface area contributed by atoms with Gasteiger partial charge in [0.05, 0.1) is 17.4 Å². The predicted molar refractivity (Wildman–Crippen MR) is 132 cm³/mol. The molecule has 5 heteroatoms. The van der Waals surface area contributed by atoms with Crippen molar-refractivity contribution < 1.29 is 14.4 Å². The molecule has 4 aromatic rings. The fourth-order valence-corrected chi connectivity index (χ4v) is 5.16. The van der Waals surface area contributed by atoms with Crippen LogP contribution in [-0.2, 0) is 14.4 Å². The minimum atomic E-state index is -0.877. The highest BCUT2D eigenvalue weighted by Gasteiger charge is 2.60. The number of fused-ring (bicyclic) bond motifs is 2. The highest BCUT2D eigenvalue weighted by molar-refractivity contribution is 6.24. The summed E-state index contributed by atoms with van der Waals surface area (Å²) >= 11 is 0. The molecule has 2 fully saturated rings. The predicted octanol–water partition coefficient (Wildman–Crippen LogP) is 5.51. The molecule has 6 rings (SSSR count). The SMILES string of the molecule is Cc1ccc(N2C(=O)[C@@H]3[C@@H](c4cccc5ccccc45)N(c4ccccc4)O[C@H]3C2=O)cc1C. The molecule has 0 unspecified atom stereocenters. The van der Waals surface area contributed by atoms with Crippen LogP contribution in [0.2, 0.25) is 0 Å². The van der Waals surface area contributed by atoms with Crippen molar-refractivity contribution in [1.82, 2.24) is 0 Å². The Labute approximate surface area is 198 Å². The summed E-state index contributed by atoms with van der Waals surface area (Å²) in [6.07, 6.45) is -0.877. The Bertz CT molecular complexity index is 1430. The summed E-state index contributed by atoms with van der Waals surface area (Å²) in [4.78, 5) is 35.1. The van der Waals surface area contributed by atoms with Crippen molar-refractivity contribution in [3.05, 3.63) is 108 Å². The van der Waals surface area contributed by atoms with Crippen LogP contribution in [0.15, 0.2) is 91.0 Å². The second-order valence-corrected chi connectivity index (χ2v) is 9.01. The molecule has 0 N–H and O–H groups in total. The molecule has 0 bridgehead atoms. The Morgan fingerprint density at radius 2 is 1.44 bits per heavy atom. The largest absolute Gasteiger partial charge is 0.273 e. The van der Waals surface area contributed by atoms with Gasteiger partial charge in [-0.2, -0.15) is 0 Å². The summed E-state index contributed by atoms with van der Waals surface area (Å²) in [5.41, 5.74) is 4.53. The number of nitrogens with zero attached hydrogens (tertiary/aromatic N) is 2. The van der Waals surface area contributed by atoms with Crippen LogP contribution < -0.4 is 9.96 Å². The van der Waals surface area contributed by atoms with E-state index in [0.717, 1.165) is 33.2 Å². The quantitative estimate of drug-likeness (QED) is 0.388. The summed E-state index contributed by atoms with van der Waals surface area (Å²) in [5.74, 6) is -1.20. The van der Waals surface area contributed by atoms with Gasteiger partial charge in [-0.3, -0.25) is 14.4 Å². The van der Waals surface area contributed by atoms with Gasteiger partial charge in [0.2, 0.25) is 5.91 Å². The van der Waals surface area contributed by atoms with Crippen LogP contribution in [-0.4, -0.2) is 17.9 Å². The summed E-state index contributed by atoms with van der Waals surface area (Å²) in [7, 11) is 0. The number of rotatable bonds is 3. The normalized spacial score (nSPS) is 22.0. The van der Waals surface area contributed by atoms with Gasteiger partial charge >= 0.3 is 0 Å². The monoisotopic (exact) mass is 448 g/mol. The van der Waals surface area contributed by atoms with E-state index in [2.05, 4.69) is 18.2 Å². The number of aryl methyl sites for hydroxylation is 2. The number of carbonyl (C=O) groups is 2. The summed E-state index contributed by atoms with van der Waals surface area (Å²) in [5, 5.41) is 3.88. The molecule has 0 spiro atoms. The van der Waals surface area contributed by atoms with Gasteiger partial charge in [-0.25, -0.2) is 9.96 Å². The Morgan fingerprint density at radius 1 is 0.706 bits per heavy atom. The first-order chi connectivity index (χ1) is 16.5. The minimum absolute atomic E-state index is 0.227. The molecule has 0 aromatic heterocycles. The highest BCUT2D eigenvalue weighted by Crippen LogP contribution is 2.49.